The number of H-pyrrole nitrogens is 1. The number of aromatic nitrogens is 4. The minimum absolute atomic E-state index is 0.110. The van der Waals surface area contributed by atoms with Crippen molar-refractivity contribution in [2.75, 3.05) is 0 Å². The molecule has 2 aromatic heterocycles. The van der Waals surface area contributed by atoms with Crippen LogP contribution in [0.25, 0.3) is 11.2 Å². The van der Waals surface area contributed by atoms with Gasteiger partial charge >= 0.3 is 0 Å². The van der Waals surface area contributed by atoms with Crippen molar-refractivity contribution in [2.24, 2.45) is 0 Å². The monoisotopic (exact) mass is 136 g/mol. The first-order chi connectivity index (χ1) is 4.86. The zero-order valence-corrected chi connectivity index (χ0v) is 4.94. The Morgan fingerprint density at radius 2 is 2.40 bits per heavy atom. The number of fused-ring (bicyclic) bond motifs is 1. The molecule has 2 aromatic rings. The topological polar surface area (TPSA) is 74.7 Å². The van der Waals surface area contributed by atoms with Crippen LogP contribution in [0.1, 0.15) is 0 Å². The molecule has 50 valence electrons. The van der Waals surface area contributed by atoms with Gasteiger partial charge in [0, 0.05) is 6.07 Å². The molecular weight excluding hydrogens is 132 g/mol. The van der Waals surface area contributed by atoms with Gasteiger partial charge in [-0.2, -0.15) is 0 Å². The molecule has 0 fully saturated rings. The maximum Gasteiger partial charge on any atom is 0.201 e. The van der Waals surface area contributed by atoms with E-state index in [4.69, 9.17) is 5.11 Å². The predicted octanol–water partition coefficient (Wildman–Crippen LogP) is 0.0585. The Hall–Kier alpha value is -1.65. The maximum absolute atomic E-state index is 8.91. The molecule has 0 aliphatic heterocycles. The summed E-state index contributed by atoms with van der Waals surface area (Å²) in [6.45, 7) is 0. The standard InChI is InChI=1S/C5H4N4O/c10-3-1-4-5(6-2-3)8-9-7-4/h1-2,10H,(H,6,7,8,9). The SMILES string of the molecule is Oc1cnc2nn[nH]c2c1. The Bertz CT molecular complexity index is 355. The Labute approximate surface area is 55.7 Å². The van der Waals surface area contributed by atoms with E-state index in [2.05, 4.69) is 20.4 Å². The number of aromatic amines is 1. The molecular formula is C5H4N4O. The van der Waals surface area contributed by atoms with Gasteiger partial charge in [0.05, 0.1) is 6.20 Å². The maximum atomic E-state index is 8.91. The Kier molecular flexibility index (Phi) is 0.858. The van der Waals surface area contributed by atoms with Gasteiger partial charge in [-0.3, -0.25) is 5.10 Å². The summed E-state index contributed by atoms with van der Waals surface area (Å²) in [5.41, 5.74) is 1.15. The highest BCUT2D eigenvalue weighted by atomic mass is 16.3. The van der Waals surface area contributed by atoms with Gasteiger partial charge in [-0.25, -0.2) is 4.98 Å². The van der Waals surface area contributed by atoms with Crippen molar-refractivity contribution in [2.45, 2.75) is 0 Å². The second-order valence-electron chi connectivity index (χ2n) is 1.88. The zero-order chi connectivity index (χ0) is 6.97. The summed E-state index contributed by atoms with van der Waals surface area (Å²) in [4.78, 5) is 3.79. The number of hydrogen-bond acceptors (Lipinski definition) is 4. The minimum Gasteiger partial charge on any atom is -0.506 e. The molecule has 0 atom stereocenters. The lowest BCUT2D eigenvalue weighted by molar-refractivity contribution is 0.473. The molecule has 5 nitrogen and oxygen atoms in total. The molecule has 2 N–H and O–H groups in total. The number of nitrogens with zero attached hydrogens (tertiary/aromatic N) is 3. The summed E-state index contributed by atoms with van der Waals surface area (Å²) in [5, 5.41) is 18.6. The van der Waals surface area contributed by atoms with Crippen LogP contribution in [0, 0.1) is 0 Å². The van der Waals surface area contributed by atoms with Crippen LogP contribution in [0.15, 0.2) is 12.3 Å². The van der Waals surface area contributed by atoms with E-state index >= 15 is 0 Å². The third kappa shape index (κ3) is 0.604. The van der Waals surface area contributed by atoms with Crippen LogP contribution in [-0.4, -0.2) is 25.5 Å². The average molecular weight is 136 g/mol. The summed E-state index contributed by atoms with van der Waals surface area (Å²) in [5.74, 6) is 0.110. The van der Waals surface area contributed by atoms with Crippen LogP contribution in [0.2, 0.25) is 0 Å². The zero-order valence-electron chi connectivity index (χ0n) is 4.94. The second-order valence-corrected chi connectivity index (χ2v) is 1.88. The van der Waals surface area contributed by atoms with Crippen LogP contribution >= 0.6 is 0 Å². The molecule has 0 saturated heterocycles. The fourth-order valence-electron chi connectivity index (χ4n) is 0.735. The van der Waals surface area contributed by atoms with Crippen molar-refractivity contribution in [1.29, 1.82) is 0 Å². The quantitative estimate of drug-likeness (QED) is 0.537. The number of hydrogen-bond donors (Lipinski definition) is 2. The number of pyridine rings is 1. The summed E-state index contributed by atoms with van der Waals surface area (Å²) in [6, 6.07) is 1.52. The van der Waals surface area contributed by atoms with Crippen molar-refractivity contribution >= 4 is 11.2 Å². The van der Waals surface area contributed by atoms with Crippen molar-refractivity contribution in [3.8, 4) is 5.75 Å². The normalized spacial score (nSPS) is 10.4. The average Bonchev–Trinajstić information content (AvgIpc) is 2.33. The molecule has 0 aromatic carbocycles. The van der Waals surface area contributed by atoms with Gasteiger partial charge in [0.25, 0.3) is 0 Å². The van der Waals surface area contributed by atoms with E-state index in [0.717, 1.165) is 0 Å². The van der Waals surface area contributed by atoms with Crippen LogP contribution in [-0.2, 0) is 0 Å². The highest BCUT2D eigenvalue weighted by Gasteiger charge is 1.97. The third-order valence-corrected chi connectivity index (χ3v) is 1.17. The minimum atomic E-state index is 0.110. The lowest BCUT2D eigenvalue weighted by Crippen LogP contribution is -1.74. The van der Waals surface area contributed by atoms with E-state index in [-0.39, 0.29) is 5.75 Å². The Morgan fingerprint density at radius 3 is 3.30 bits per heavy atom. The van der Waals surface area contributed by atoms with E-state index in [0.29, 0.717) is 11.2 Å². The lowest BCUT2D eigenvalue weighted by atomic mass is 10.4. The highest BCUT2D eigenvalue weighted by Crippen LogP contribution is 2.10. The van der Waals surface area contributed by atoms with Gasteiger partial charge in [-0.1, -0.05) is 5.21 Å². The third-order valence-electron chi connectivity index (χ3n) is 1.17. The van der Waals surface area contributed by atoms with Gasteiger partial charge in [0.2, 0.25) is 5.65 Å². The summed E-state index contributed by atoms with van der Waals surface area (Å²) >= 11 is 0. The van der Waals surface area contributed by atoms with Crippen LogP contribution in [0.5, 0.6) is 5.75 Å². The molecule has 0 radical (unpaired) electrons. The van der Waals surface area contributed by atoms with Gasteiger partial charge in [0.1, 0.15) is 11.3 Å². The van der Waals surface area contributed by atoms with Crippen molar-refractivity contribution in [3.05, 3.63) is 12.3 Å². The first-order valence-corrected chi connectivity index (χ1v) is 2.72. The van der Waals surface area contributed by atoms with Gasteiger partial charge in [0.15, 0.2) is 0 Å². The molecule has 0 saturated carbocycles. The largest absolute Gasteiger partial charge is 0.506 e. The van der Waals surface area contributed by atoms with E-state index in [1.165, 1.54) is 12.3 Å². The van der Waals surface area contributed by atoms with Gasteiger partial charge in [-0.15, -0.1) is 5.10 Å². The molecule has 0 spiro atoms. The lowest BCUT2D eigenvalue weighted by Gasteiger charge is -1.86. The van der Waals surface area contributed by atoms with E-state index < -0.39 is 0 Å². The molecule has 0 aliphatic carbocycles. The fourth-order valence-corrected chi connectivity index (χ4v) is 0.735. The first-order valence-electron chi connectivity index (χ1n) is 2.72. The van der Waals surface area contributed by atoms with Crippen LogP contribution in [0.4, 0.5) is 0 Å². The van der Waals surface area contributed by atoms with E-state index in [9.17, 15) is 0 Å². The molecule has 5 heteroatoms. The summed E-state index contributed by atoms with van der Waals surface area (Å²) < 4.78 is 0. The Balaban J connectivity index is 2.86. The summed E-state index contributed by atoms with van der Waals surface area (Å²) in [7, 11) is 0. The molecule has 10 heavy (non-hydrogen) atoms. The number of nitrogens with one attached hydrogen (secondary N) is 1. The molecule has 0 unspecified atom stereocenters. The first kappa shape index (κ1) is 5.16. The van der Waals surface area contributed by atoms with E-state index in [1.807, 2.05) is 0 Å². The summed E-state index contributed by atoms with van der Waals surface area (Å²) in [6.07, 6.45) is 1.32. The van der Waals surface area contributed by atoms with Crippen molar-refractivity contribution in [3.63, 3.8) is 0 Å². The van der Waals surface area contributed by atoms with Crippen molar-refractivity contribution in [1.82, 2.24) is 20.4 Å². The van der Waals surface area contributed by atoms with Crippen LogP contribution < -0.4 is 0 Å². The predicted molar refractivity (Wildman–Crippen MR) is 33.3 cm³/mol. The number of rotatable bonds is 0. The number of aromatic hydroxyl groups is 1. The van der Waals surface area contributed by atoms with Crippen LogP contribution in [0.3, 0.4) is 0 Å². The second kappa shape index (κ2) is 1.66. The highest BCUT2D eigenvalue weighted by molar-refractivity contribution is 5.69. The Morgan fingerprint density at radius 1 is 1.50 bits per heavy atom. The van der Waals surface area contributed by atoms with E-state index in [1.54, 1.807) is 0 Å². The molecule has 0 bridgehead atoms. The fraction of sp³-hybridized carbons (Fsp3) is 0. The van der Waals surface area contributed by atoms with Crippen molar-refractivity contribution < 1.29 is 5.11 Å². The molecule has 2 rings (SSSR count). The molecule has 0 aliphatic rings. The molecule has 2 heterocycles. The van der Waals surface area contributed by atoms with Gasteiger partial charge < -0.3 is 5.11 Å². The van der Waals surface area contributed by atoms with Gasteiger partial charge in [-0.05, 0) is 0 Å². The smallest absolute Gasteiger partial charge is 0.201 e. The molecule has 0 amide bonds.